The molecule has 0 atom stereocenters. The molecule has 2 aliphatic carbocycles. The van der Waals surface area contributed by atoms with Gasteiger partial charge in [-0.25, -0.2) is 13.1 Å². The first-order valence-corrected chi connectivity index (χ1v) is 8.94. The minimum absolute atomic E-state index is 0.0634. The van der Waals surface area contributed by atoms with Crippen molar-refractivity contribution in [3.8, 4) is 5.75 Å². The number of hydrogen-bond donors (Lipinski definition) is 2. The molecule has 2 aliphatic rings. The van der Waals surface area contributed by atoms with Gasteiger partial charge in [-0.05, 0) is 61.8 Å². The number of benzene rings is 1. The lowest BCUT2D eigenvalue weighted by Crippen LogP contribution is -2.38. The summed E-state index contributed by atoms with van der Waals surface area (Å²) in [5.41, 5.74) is 0. The van der Waals surface area contributed by atoms with Crippen molar-refractivity contribution in [2.45, 2.75) is 36.6 Å². The minimum Gasteiger partial charge on any atom is -0.491 e. The highest BCUT2D eigenvalue weighted by Crippen LogP contribution is 2.45. The number of nitrogens with one attached hydrogen (secondary N) is 1. The van der Waals surface area contributed by atoms with Gasteiger partial charge < -0.3 is 9.84 Å². The molecule has 0 aliphatic heterocycles. The van der Waals surface area contributed by atoms with Crippen molar-refractivity contribution in [2.75, 3.05) is 13.2 Å². The van der Waals surface area contributed by atoms with Gasteiger partial charge in [0.1, 0.15) is 12.4 Å². The van der Waals surface area contributed by atoms with Crippen molar-refractivity contribution >= 4 is 10.0 Å². The Morgan fingerprint density at radius 1 is 1.14 bits per heavy atom. The Kier molecular flexibility index (Phi) is 4.19. The van der Waals surface area contributed by atoms with E-state index < -0.39 is 10.0 Å². The molecule has 5 nitrogen and oxygen atoms in total. The third kappa shape index (κ3) is 3.75. The Morgan fingerprint density at radius 3 is 2.19 bits per heavy atom. The quantitative estimate of drug-likeness (QED) is 0.763. The largest absolute Gasteiger partial charge is 0.491 e. The van der Waals surface area contributed by atoms with Gasteiger partial charge in [-0.15, -0.1) is 0 Å². The highest BCUT2D eigenvalue weighted by atomic mass is 32.2. The second-order valence-electron chi connectivity index (χ2n) is 5.87. The van der Waals surface area contributed by atoms with Crippen LogP contribution in [0.4, 0.5) is 0 Å². The first-order valence-electron chi connectivity index (χ1n) is 7.46. The van der Waals surface area contributed by atoms with Crippen LogP contribution in [-0.2, 0) is 10.0 Å². The van der Waals surface area contributed by atoms with Crippen LogP contribution in [0.5, 0.6) is 5.75 Å². The highest BCUT2D eigenvalue weighted by Gasteiger charge is 2.43. The predicted molar refractivity (Wildman–Crippen MR) is 78.6 cm³/mol. The molecular weight excluding hydrogens is 290 g/mol. The van der Waals surface area contributed by atoms with E-state index >= 15 is 0 Å². The first-order chi connectivity index (χ1) is 10.1. The van der Waals surface area contributed by atoms with E-state index in [0.29, 0.717) is 17.6 Å². The SMILES string of the molecule is O=S(=O)(NC(C1CC1)C1CC1)c1ccc(OCCO)cc1. The zero-order valence-corrected chi connectivity index (χ0v) is 12.7. The topological polar surface area (TPSA) is 75.6 Å². The van der Waals surface area contributed by atoms with E-state index in [2.05, 4.69) is 4.72 Å². The molecule has 1 aromatic rings. The molecule has 6 heteroatoms. The molecule has 0 unspecified atom stereocenters. The number of ether oxygens (including phenoxy) is 1. The van der Waals surface area contributed by atoms with Crippen molar-refractivity contribution in [1.82, 2.24) is 4.72 Å². The van der Waals surface area contributed by atoms with E-state index in [0.717, 1.165) is 25.7 Å². The van der Waals surface area contributed by atoms with Crippen LogP contribution in [0.1, 0.15) is 25.7 Å². The average molecular weight is 311 g/mol. The van der Waals surface area contributed by atoms with E-state index in [4.69, 9.17) is 9.84 Å². The van der Waals surface area contributed by atoms with Gasteiger partial charge >= 0.3 is 0 Å². The first kappa shape index (κ1) is 14.8. The van der Waals surface area contributed by atoms with Crippen LogP contribution in [0.25, 0.3) is 0 Å². The third-order valence-corrected chi connectivity index (χ3v) is 5.52. The lowest BCUT2D eigenvalue weighted by atomic mass is 10.1. The summed E-state index contributed by atoms with van der Waals surface area (Å²) in [4.78, 5) is 0.269. The summed E-state index contributed by atoms with van der Waals surface area (Å²) in [6.45, 7) is 0.141. The third-order valence-electron chi connectivity index (χ3n) is 4.05. The maximum absolute atomic E-state index is 12.4. The summed E-state index contributed by atoms with van der Waals surface area (Å²) in [6, 6.07) is 6.44. The van der Waals surface area contributed by atoms with Crippen LogP contribution in [0.3, 0.4) is 0 Å². The van der Waals surface area contributed by atoms with Crippen molar-refractivity contribution in [3.05, 3.63) is 24.3 Å². The second kappa shape index (κ2) is 5.94. The van der Waals surface area contributed by atoms with Gasteiger partial charge in [0.25, 0.3) is 0 Å². The molecule has 0 spiro atoms. The Hall–Kier alpha value is -1.11. The van der Waals surface area contributed by atoms with Crippen molar-refractivity contribution in [3.63, 3.8) is 0 Å². The molecule has 0 saturated heterocycles. The highest BCUT2D eigenvalue weighted by molar-refractivity contribution is 7.89. The Bertz CT molecular complexity index is 564. The number of sulfonamides is 1. The molecule has 0 amide bonds. The van der Waals surface area contributed by atoms with Gasteiger partial charge in [0, 0.05) is 6.04 Å². The van der Waals surface area contributed by atoms with Gasteiger partial charge in [-0.1, -0.05) is 0 Å². The molecule has 116 valence electrons. The molecule has 0 heterocycles. The summed E-state index contributed by atoms with van der Waals surface area (Å²) in [6.07, 6.45) is 4.55. The Balaban J connectivity index is 1.68. The van der Waals surface area contributed by atoms with Crippen LogP contribution < -0.4 is 9.46 Å². The molecule has 0 aromatic heterocycles. The minimum atomic E-state index is -3.46. The normalized spacial score (nSPS) is 19.0. The number of aliphatic hydroxyl groups is 1. The van der Waals surface area contributed by atoms with Crippen LogP contribution in [-0.4, -0.2) is 32.8 Å². The summed E-state index contributed by atoms with van der Waals surface area (Å²) < 4.78 is 33.0. The molecule has 2 N–H and O–H groups in total. The number of hydrogen-bond acceptors (Lipinski definition) is 4. The Morgan fingerprint density at radius 2 is 1.71 bits per heavy atom. The molecule has 0 bridgehead atoms. The molecule has 21 heavy (non-hydrogen) atoms. The molecular formula is C15H21NO4S. The summed E-state index contributed by atoms with van der Waals surface area (Å²) in [7, 11) is -3.46. The zero-order valence-electron chi connectivity index (χ0n) is 11.9. The maximum atomic E-state index is 12.4. The second-order valence-corrected chi connectivity index (χ2v) is 7.58. The maximum Gasteiger partial charge on any atom is 0.240 e. The Labute approximate surface area is 125 Å². The molecule has 2 saturated carbocycles. The van der Waals surface area contributed by atoms with E-state index in [1.807, 2.05) is 0 Å². The zero-order chi connectivity index (χ0) is 14.9. The molecule has 2 fully saturated rings. The predicted octanol–water partition coefficient (Wildman–Crippen LogP) is 1.52. The fourth-order valence-corrected chi connectivity index (χ4v) is 3.99. The summed E-state index contributed by atoms with van der Waals surface area (Å²) in [5.74, 6) is 1.61. The fraction of sp³-hybridized carbons (Fsp3) is 0.600. The molecule has 3 rings (SSSR count). The van der Waals surface area contributed by atoms with Crippen LogP contribution >= 0.6 is 0 Å². The van der Waals surface area contributed by atoms with Crippen LogP contribution in [0, 0.1) is 11.8 Å². The smallest absolute Gasteiger partial charge is 0.240 e. The average Bonchev–Trinajstić information content (AvgIpc) is 3.36. The van der Waals surface area contributed by atoms with Crippen molar-refractivity contribution < 1.29 is 18.3 Å². The van der Waals surface area contributed by atoms with Crippen LogP contribution in [0.2, 0.25) is 0 Å². The van der Waals surface area contributed by atoms with Crippen LogP contribution in [0.15, 0.2) is 29.2 Å². The van der Waals surface area contributed by atoms with E-state index in [1.165, 1.54) is 0 Å². The van der Waals surface area contributed by atoms with E-state index in [1.54, 1.807) is 24.3 Å². The van der Waals surface area contributed by atoms with Crippen molar-refractivity contribution in [2.24, 2.45) is 11.8 Å². The monoisotopic (exact) mass is 311 g/mol. The van der Waals surface area contributed by atoms with Gasteiger partial charge in [0.2, 0.25) is 10.0 Å². The van der Waals surface area contributed by atoms with Gasteiger partial charge in [-0.2, -0.15) is 0 Å². The van der Waals surface area contributed by atoms with Crippen molar-refractivity contribution in [1.29, 1.82) is 0 Å². The lowest BCUT2D eigenvalue weighted by Gasteiger charge is -2.17. The fourth-order valence-electron chi connectivity index (χ4n) is 2.61. The standard InChI is InChI=1S/C15H21NO4S/c17-9-10-20-13-5-7-14(8-6-13)21(18,19)16-15(11-1-2-11)12-3-4-12/h5-8,11-12,15-17H,1-4,9-10H2. The van der Waals surface area contributed by atoms with Gasteiger partial charge in [-0.3, -0.25) is 0 Å². The summed E-state index contributed by atoms with van der Waals surface area (Å²) in [5, 5.41) is 8.70. The number of rotatable bonds is 8. The van der Waals surface area contributed by atoms with Gasteiger partial charge in [0.05, 0.1) is 11.5 Å². The van der Waals surface area contributed by atoms with E-state index in [-0.39, 0.29) is 24.2 Å². The molecule has 0 radical (unpaired) electrons. The molecule has 1 aromatic carbocycles. The lowest BCUT2D eigenvalue weighted by molar-refractivity contribution is 0.201. The van der Waals surface area contributed by atoms with E-state index in [9.17, 15) is 8.42 Å². The summed E-state index contributed by atoms with van der Waals surface area (Å²) >= 11 is 0. The van der Waals surface area contributed by atoms with Gasteiger partial charge in [0.15, 0.2) is 0 Å². The number of aliphatic hydroxyl groups excluding tert-OH is 1.